The van der Waals surface area contributed by atoms with Crippen molar-refractivity contribution < 1.29 is 14.4 Å². The molecule has 0 aromatic carbocycles. The number of ketones is 3. The molecule has 1 rings (SSSR count). The fraction of sp³-hybridized carbons (Fsp3) is 0.812. The summed E-state index contributed by atoms with van der Waals surface area (Å²) in [6.45, 7) is 12.0. The van der Waals surface area contributed by atoms with E-state index < -0.39 is 5.41 Å². The van der Waals surface area contributed by atoms with Crippen molar-refractivity contribution >= 4 is 17.3 Å². The maximum Gasteiger partial charge on any atom is 0.144 e. The number of nitrogens with zero attached hydrogens (tertiary/aromatic N) is 1. The second-order valence-corrected chi connectivity index (χ2v) is 6.68. The zero-order chi connectivity index (χ0) is 15.7. The zero-order valence-corrected chi connectivity index (χ0v) is 13.5. The van der Waals surface area contributed by atoms with Gasteiger partial charge in [-0.1, -0.05) is 13.8 Å². The van der Waals surface area contributed by atoms with Crippen molar-refractivity contribution in [2.24, 2.45) is 17.3 Å². The highest BCUT2D eigenvalue weighted by atomic mass is 16.2. The van der Waals surface area contributed by atoms with E-state index in [-0.39, 0.29) is 29.3 Å². The molecule has 0 bridgehead atoms. The Hall–Kier alpha value is -1.03. The molecule has 0 N–H and O–H groups in total. The molecule has 1 heterocycles. The fourth-order valence-corrected chi connectivity index (χ4v) is 3.30. The van der Waals surface area contributed by atoms with Gasteiger partial charge in [-0.3, -0.25) is 19.3 Å². The lowest BCUT2D eigenvalue weighted by atomic mass is 9.67. The number of carbonyl (C=O) groups excluding carboxylic acids is 3. The summed E-state index contributed by atoms with van der Waals surface area (Å²) in [5.74, 6) is 0.0294. The van der Waals surface area contributed by atoms with Crippen molar-refractivity contribution in [1.82, 2.24) is 4.90 Å². The van der Waals surface area contributed by atoms with Gasteiger partial charge in [0.05, 0.1) is 0 Å². The molecule has 4 nitrogen and oxygen atoms in total. The summed E-state index contributed by atoms with van der Waals surface area (Å²) < 4.78 is 0. The normalized spacial score (nSPS) is 26.6. The Balaban J connectivity index is 3.19. The maximum absolute atomic E-state index is 12.1. The molecule has 0 saturated carbocycles. The first-order valence-electron chi connectivity index (χ1n) is 7.38. The van der Waals surface area contributed by atoms with Gasteiger partial charge in [0.25, 0.3) is 0 Å². The van der Waals surface area contributed by atoms with Crippen LogP contribution in [0.25, 0.3) is 0 Å². The van der Waals surface area contributed by atoms with Gasteiger partial charge in [-0.05, 0) is 40.0 Å². The molecule has 1 aliphatic rings. The largest absolute Gasteiger partial charge is 0.300 e. The van der Waals surface area contributed by atoms with Crippen molar-refractivity contribution in [2.75, 3.05) is 13.1 Å². The van der Waals surface area contributed by atoms with E-state index in [9.17, 15) is 14.4 Å². The first-order chi connectivity index (χ1) is 9.11. The lowest BCUT2D eigenvalue weighted by Gasteiger charge is -2.47. The lowest BCUT2D eigenvalue weighted by molar-refractivity contribution is -0.148. The van der Waals surface area contributed by atoms with Gasteiger partial charge in [-0.15, -0.1) is 0 Å². The van der Waals surface area contributed by atoms with Gasteiger partial charge in [0.15, 0.2) is 0 Å². The summed E-state index contributed by atoms with van der Waals surface area (Å²) in [5, 5.41) is 0. The Morgan fingerprint density at radius 2 is 1.65 bits per heavy atom. The van der Waals surface area contributed by atoms with Gasteiger partial charge in [0.1, 0.15) is 22.8 Å². The second kappa shape index (κ2) is 6.17. The third-order valence-electron chi connectivity index (χ3n) is 4.67. The molecule has 2 atom stereocenters. The molecule has 2 unspecified atom stereocenters. The number of likely N-dealkylation sites (tertiary alicyclic amines) is 1. The molecule has 20 heavy (non-hydrogen) atoms. The minimum absolute atomic E-state index is 0.0674. The Labute approximate surface area is 121 Å². The van der Waals surface area contributed by atoms with Crippen LogP contribution in [0.15, 0.2) is 0 Å². The van der Waals surface area contributed by atoms with Crippen molar-refractivity contribution in [3.05, 3.63) is 0 Å². The number of rotatable bonds is 5. The first-order valence-corrected chi connectivity index (χ1v) is 7.38. The van der Waals surface area contributed by atoms with Crippen molar-refractivity contribution in [3.8, 4) is 0 Å². The summed E-state index contributed by atoms with van der Waals surface area (Å²) in [5.41, 5.74) is -1.00. The van der Waals surface area contributed by atoms with Crippen LogP contribution >= 0.6 is 0 Å². The van der Waals surface area contributed by atoms with E-state index in [1.807, 2.05) is 6.92 Å². The highest BCUT2D eigenvalue weighted by molar-refractivity contribution is 6.06. The quantitative estimate of drug-likeness (QED) is 0.724. The molecule has 0 aliphatic carbocycles. The predicted molar refractivity (Wildman–Crippen MR) is 78.5 cm³/mol. The lowest BCUT2D eigenvalue weighted by Crippen LogP contribution is -2.59. The highest BCUT2D eigenvalue weighted by Crippen LogP contribution is 2.39. The number of hydrogen-bond donors (Lipinski definition) is 0. The number of Topliss-reactive ketones (excluding diaryl/α,β-unsaturated/α-hetero) is 3. The average Bonchev–Trinajstić information content (AvgIpc) is 2.30. The maximum atomic E-state index is 12.1. The van der Waals surface area contributed by atoms with E-state index in [4.69, 9.17) is 0 Å². The van der Waals surface area contributed by atoms with E-state index in [1.54, 1.807) is 6.92 Å². The Kier molecular flexibility index (Phi) is 5.25. The standard InChI is InChI=1S/C16H27NO3/c1-10(2)8-17-9-16(13(5)19,14(6)20)7-15(11(17)3)12(4)18/h10-11,15H,7-9H2,1-6H3. The van der Waals surface area contributed by atoms with E-state index in [1.165, 1.54) is 13.8 Å². The van der Waals surface area contributed by atoms with Gasteiger partial charge in [0.2, 0.25) is 0 Å². The number of piperidine rings is 1. The second-order valence-electron chi connectivity index (χ2n) is 6.68. The van der Waals surface area contributed by atoms with Crippen molar-refractivity contribution in [2.45, 2.75) is 54.0 Å². The molecule has 4 heteroatoms. The SMILES string of the molecule is CC(=O)C1CC(C(C)=O)(C(C)=O)CN(CC(C)C)C1C. The minimum Gasteiger partial charge on any atom is -0.300 e. The van der Waals surface area contributed by atoms with Crippen LogP contribution in [0.2, 0.25) is 0 Å². The molecule has 114 valence electrons. The van der Waals surface area contributed by atoms with E-state index in [0.29, 0.717) is 18.9 Å². The van der Waals surface area contributed by atoms with E-state index >= 15 is 0 Å². The predicted octanol–water partition coefficient (Wildman–Crippen LogP) is 2.11. The Morgan fingerprint density at radius 3 is 2.00 bits per heavy atom. The highest BCUT2D eigenvalue weighted by Gasteiger charge is 2.50. The molecule has 0 aromatic rings. The molecular weight excluding hydrogens is 254 g/mol. The molecular formula is C16H27NO3. The van der Waals surface area contributed by atoms with E-state index in [0.717, 1.165) is 6.54 Å². The Morgan fingerprint density at radius 1 is 1.15 bits per heavy atom. The summed E-state index contributed by atoms with van der Waals surface area (Å²) in [7, 11) is 0. The third kappa shape index (κ3) is 3.17. The average molecular weight is 281 g/mol. The van der Waals surface area contributed by atoms with Crippen LogP contribution in [0, 0.1) is 17.3 Å². The van der Waals surface area contributed by atoms with Crippen molar-refractivity contribution in [3.63, 3.8) is 0 Å². The minimum atomic E-state index is -1.00. The Bertz CT molecular complexity index is 400. The van der Waals surface area contributed by atoms with Crippen LogP contribution in [-0.4, -0.2) is 41.4 Å². The first kappa shape index (κ1) is 17.0. The molecule has 0 radical (unpaired) electrons. The van der Waals surface area contributed by atoms with Crippen LogP contribution in [0.3, 0.4) is 0 Å². The van der Waals surface area contributed by atoms with Gasteiger partial charge in [-0.25, -0.2) is 0 Å². The summed E-state index contributed by atoms with van der Waals surface area (Å²) in [6, 6.07) is 0.0849. The molecule has 0 amide bonds. The molecule has 1 fully saturated rings. The number of carbonyl (C=O) groups is 3. The van der Waals surface area contributed by atoms with Crippen LogP contribution in [0.5, 0.6) is 0 Å². The monoisotopic (exact) mass is 281 g/mol. The molecule has 0 aromatic heterocycles. The summed E-state index contributed by atoms with van der Waals surface area (Å²) >= 11 is 0. The number of hydrogen-bond acceptors (Lipinski definition) is 4. The van der Waals surface area contributed by atoms with Crippen LogP contribution in [-0.2, 0) is 14.4 Å². The molecule has 1 saturated heterocycles. The van der Waals surface area contributed by atoms with Crippen LogP contribution in [0.1, 0.15) is 48.0 Å². The van der Waals surface area contributed by atoms with E-state index in [2.05, 4.69) is 18.7 Å². The van der Waals surface area contributed by atoms with Crippen molar-refractivity contribution in [1.29, 1.82) is 0 Å². The molecule has 0 spiro atoms. The van der Waals surface area contributed by atoms with Gasteiger partial charge in [-0.2, -0.15) is 0 Å². The van der Waals surface area contributed by atoms with Crippen LogP contribution in [0.4, 0.5) is 0 Å². The summed E-state index contributed by atoms with van der Waals surface area (Å²) in [4.78, 5) is 38.3. The smallest absolute Gasteiger partial charge is 0.144 e. The van der Waals surface area contributed by atoms with Gasteiger partial charge < -0.3 is 0 Å². The topological polar surface area (TPSA) is 54.5 Å². The molecule has 1 aliphatic heterocycles. The summed E-state index contributed by atoms with van der Waals surface area (Å²) in [6.07, 6.45) is 0.364. The zero-order valence-electron chi connectivity index (χ0n) is 13.5. The fourth-order valence-electron chi connectivity index (χ4n) is 3.30. The van der Waals surface area contributed by atoms with Gasteiger partial charge >= 0.3 is 0 Å². The van der Waals surface area contributed by atoms with Crippen LogP contribution < -0.4 is 0 Å². The van der Waals surface area contributed by atoms with Gasteiger partial charge in [0, 0.05) is 25.0 Å². The third-order valence-corrected chi connectivity index (χ3v) is 4.67.